The van der Waals surface area contributed by atoms with Gasteiger partial charge in [0.2, 0.25) is 5.88 Å². The lowest BCUT2D eigenvalue weighted by Gasteiger charge is -2.00. The molecule has 0 saturated heterocycles. The molecule has 2 heterocycles. The minimum atomic E-state index is -1.29. The number of fused-ring (bicyclic) bond motifs is 1. The molecule has 6 heteroatoms. The average Bonchev–Trinajstić information content (AvgIpc) is 2.75. The molecule has 0 unspecified atom stereocenters. The molecule has 0 amide bonds. The summed E-state index contributed by atoms with van der Waals surface area (Å²) < 4.78 is 6.82. The summed E-state index contributed by atoms with van der Waals surface area (Å²) in [5, 5.41) is 17.7. The Morgan fingerprint density at radius 3 is 2.95 bits per heavy atom. The van der Waals surface area contributed by atoms with E-state index in [1.807, 2.05) is 19.1 Å². The number of nitrogens with zero attached hydrogens (tertiary/aromatic N) is 3. The molecule has 0 saturated carbocycles. The van der Waals surface area contributed by atoms with Crippen molar-refractivity contribution >= 4 is 17.7 Å². The van der Waals surface area contributed by atoms with Crippen molar-refractivity contribution in [2.75, 3.05) is 7.11 Å². The molecule has 0 atom stereocenters. The first-order chi connectivity index (χ1) is 9.08. The molecule has 0 bridgehead atoms. The Labute approximate surface area is 109 Å². The molecule has 2 aromatic heterocycles. The molecule has 0 aliphatic rings. The molecule has 0 radical (unpaired) electrons. The van der Waals surface area contributed by atoms with E-state index in [1.54, 1.807) is 16.7 Å². The first kappa shape index (κ1) is 12.6. The quantitative estimate of drug-likeness (QED) is 0.667. The third-order valence-corrected chi connectivity index (χ3v) is 2.67. The Balaban J connectivity index is 2.76. The van der Waals surface area contributed by atoms with E-state index in [0.29, 0.717) is 11.3 Å². The normalized spacial score (nSPS) is 11.3. The van der Waals surface area contributed by atoms with Gasteiger partial charge in [0, 0.05) is 6.20 Å². The lowest BCUT2D eigenvalue weighted by Crippen LogP contribution is -1.99. The molecule has 1 N–H and O–H groups in total. The Hall–Kier alpha value is -2.81. The second-order valence-electron chi connectivity index (χ2n) is 3.87. The van der Waals surface area contributed by atoms with Crippen molar-refractivity contribution in [2.24, 2.45) is 0 Å². The molecule has 0 aliphatic heterocycles. The van der Waals surface area contributed by atoms with Gasteiger partial charge in [-0.2, -0.15) is 10.2 Å². The first-order valence-electron chi connectivity index (χ1n) is 5.45. The summed E-state index contributed by atoms with van der Waals surface area (Å²) in [5.41, 5.74) is 1.64. The number of hydrogen-bond donors (Lipinski definition) is 1. The SMILES string of the molecule is COc1nc2c(C)cccn2c1/C=C(\C#N)C(=O)O. The van der Waals surface area contributed by atoms with Crippen molar-refractivity contribution in [3.63, 3.8) is 0 Å². The second-order valence-corrected chi connectivity index (χ2v) is 3.87. The van der Waals surface area contributed by atoms with Crippen LogP contribution >= 0.6 is 0 Å². The average molecular weight is 257 g/mol. The van der Waals surface area contributed by atoms with E-state index in [-0.39, 0.29) is 11.5 Å². The lowest BCUT2D eigenvalue weighted by molar-refractivity contribution is -0.132. The molecule has 0 aromatic carbocycles. The van der Waals surface area contributed by atoms with Gasteiger partial charge in [0.15, 0.2) is 0 Å². The number of methoxy groups -OCH3 is 1. The summed E-state index contributed by atoms with van der Waals surface area (Å²) >= 11 is 0. The maximum atomic E-state index is 10.9. The highest BCUT2D eigenvalue weighted by molar-refractivity contribution is 5.96. The predicted octanol–water partition coefficient (Wildman–Crippen LogP) is 1.64. The summed E-state index contributed by atoms with van der Waals surface area (Å²) in [6, 6.07) is 5.33. The van der Waals surface area contributed by atoms with Gasteiger partial charge in [-0.25, -0.2) is 4.79 Å². The van der Waals surface area contributed by atoms with Gasteiger partial charge in [-0.15, -0.1) is 0 Å². The number of hydrogen-bond acceptors (Lipinski definition) is 4. The van der Waals surface area contributed by atoms with Crippen molar-refractivity contribution in [1.29, 1.82) is 5.26 Å². The van der Waals surface area contributed by atoms with Crippen molar-refractivity contribution in [1.82, 2.24) is 9.38 Å². The Kier molecular flexibility index (Phi) is 3.21. The topological polar surface area (TPSA) is 87.6 Å². The fourth-order valence-electron chi connectivity index (χ4n) is 1.76. The molecule has 6 nitrogen and oxygen atoms in total. The van der Waals surface area contributed by atoms with Crippen LogP contribution in [0.5, 0.6) is 5.88 Å². The van der Waals surface area contributed by atoms with Gasteiger partial charge in [-0.3, -0.25) is 4.40 Å². The van der Waals surface area contributed by atoms with Crippen LogP contribution in [-0.2, 0) is 4.79 Å². The Morgan fingerprint density at radius 2 is 2.37 bits per heavy atom. The molecule has 19 heavy (non-hydrogen) atoms. The van der Waals surface area contributed by atoms with Crippen LogP contribution in [0.4, 0.5) is 0 Å². The highest BCUT2D eigenvalue weighted by atomic mass is 16.5. The van der Waals surface area contributed by atoms with Gasteiger partial charge in [0.1, 0.15) is 23.0 Å². The Bertz CT molecular complexity index is 723. The smallest absolute Gasteiger partial charge is 0.346 e. The number of carboxylic acid groups (broad SMARTS) is 1. The van der Waals surface area contributed by atoms with E-state index < -0.39 is 5.97 Å². The number of aliphatic carboxylic acids is 1. The number of aryl methyl sites for hydroxylation is 1. The van der Waals surface area contributed by atoms with Crippen LogP contribution in [-0.4, -0.2) is 27.6 Å². The number of carbonyl (C=O) groups is 1. The van der Waals surface area contributed by atoms with Crippen molar-refractivity contribution in [3.8, 4) is 11.9 Å². The molecule has 0 spiro atoms. The van der Waals surface area contributed by atoms with Gasteiger partial charge in [-0.1, -0.05) is 6.07 Å². The van der Waals surface area contributed by atoms with Gasteiger partial charge in [0.25, 0.3) is 0 Å². The zero-order valence-corrected chi connectivity index (χ0v) is 10.4. The van der Waals surface area contributed by atoms with Crippen molar-refractivity contribution < 1.29 is 14.6 Å². The van der Waals surface area contributed by atoms with Crippen LogP contribution in [0.3, 0.4) is 0 Å². The van der Waals surface area contributed by atoms with Crippen LogP contribution in [0, 0.1) is 18.3 Å². The summed E-state index contributed by atoms with van der Waals surface area (Å²) in [6.45, 7) is 1.89. The third kappa shape index (κ3) is 2.13. The molecule has 2 rings (SSSR count). The van der Waals surface area contributed by atoms with E-state index in [2.05, 4.69) is 4.98 Å². The summed E-state index contributed by atoms with van der Waals surface area (Å²) in [7, 11) is 1.45. The summed E-state index contributed by atoms with van der Waals surface area (Å²) in [4.78, 5) is 15.2. The highest BCUT2D eigenvalue weighted by Gasteiger charge is 2.15. The third-order valence-electron chi connectivity index (χ3n) is 2.67. The van der Waals surface area contributed by atoms with Crippen molar-refractivity contribution in [3.05, 3.63) is 35.2 Å². The number of carboxylic acids is 1. The van der Waals surface area contributed by atoms with Gasteiger partial charge in [0.05, 0.1) is 7.11 Å². The fraction of sp³-hybridized carbons (Fsp3) is 0.154. The van der Waals surface area contributed by atoms with E-state index in [4.69, 9.17) is 15.1 Å². The van der Waals surface area contributed by atoms with Gasteiger partial charge >= 0.3 is 5.97 Å². The number of rotatable bonds is 3. The van der Waals surface area contributed by atoms with Gasteiger partial charge < -0.3 is 9.84 Å². The van der Waals surface area contributed by atoms with E-state index in [1.165, 1.54) is 13.2 Å². The van der Waals surface area contributed by atoms with Crippen LogP contribution in [0.2, 0.25) is 0 Å². The predicted molar refractivity (Wildman–Crippen MR) is 67.7 cm³/mol. The Morgan fingerprint density at radius 1 is 1.63 bits per heavy atom. The zero-order chi connectivity index (χ0) is 14.0. The molecule has 2 aromatic rings. The maximum Gasteiger partial charge on any atom is 0.346 e. The fourth-order valence-corrected chi connectivity index (χ4v) is 1.76. The van der Waals surface area contributed by atoms with Crippen LogP contribution < -0.4 is 4.74 Å². The molecule has 0 aliphatic carbocycles. The van der Waals surface area contributed by atoms with Crippen molar-refractivity contribution in [2.45, 2.75) is 6.92 Å². The number of imidazole rings is 1. The van der Waals surface area contributed by atoms with E-state index >= 15 is 0 Å². The number of ether oxygens (including phenoxy) is 1. The lowest BCUT2D eigenvalue weighted by atomic mass is 10.2. The largest absolute Gasteiger partial charge is 0.479 e. The van der Waals surface area contributed by atoms with Gasteiger partial charge in [-0.05, 0) is 24.6 Å². The van der Waals surface area contributed by atoms with E-state index in [9.17, 15) is 4.79 Å². The van der Waals surface area contributed by atoms with Crippen LogP contribution in [0.1, 0.15) is 11.3 Å². The standard InChI is InChI=1S/C13H11N3O3/c1-8-4-3-5-16-10(6-9(7-14)13(17)18)12(19-2)15-11(8)16/h3-6H,1-2H3,(H,17,18)/b9-6+. The minimum absolute atomic E-state index is 0.281. The molecule has 96 valence electrons. The molecular formula is C13H11N3O3. The number of aromatic nitrogens is 2. The number of nitriles is 1. The number of pyridine rings is 1. The summed E-state index contributed by atoms with van der Waals surface area (Å²) in [6.07, 6.45) is 2.99. The van der Waals surface area contributed by atoms with Crippen LogP contribution in [0.25, 0.3) is 11.7 Å². The second kappa shape index (κ2) is 4.82. The summed E-state index contributed by atoms with van der Waals surface area (Å²) in [5.74, 6) is -1.00. The molecular weight excluding hydrogens is 246 g/mol. The van der Waals surface area contributed by atoms with Crippen LogP contribution in [0.15, 0.2) is 23.9 Å². The monoisotopic (exact) mass is 257 g/mol. The zero-order valence-electron chi connectivity index (χ0n) is 10.4. The highest BCUT2D eigenvalue weighted by Crippen LogP contribution is 2.24. The molecule has 0 fully saturated rings. The van der Waals surface area contributed by atoms with E-state index in [0.717, 1.165) is 5.56 Å². The first-order valence-corrected chi connectivity index (χ1v) is 5.45. The minimum Gasteiger partial charge on any atom is -0.479 e. The maximum absolute atomic E-state index is 10.9.